The lowest BCUT2D eigenvalue weighted by atomic mass is 9.90. The average Bonchev–Trinajstić information content (AvgIpc) is 1.74. The number of benzene rings is 20. The Bertz CT molecular complexity index is 8330. The van der Waals surface area contributed by atoms with Crippen LogP contribution in [0.1, 0.15) is 0 Å². The Morgan fingerprint density at radius 2 is 0.328 bits per heavy atom. The first-order valence-electron chi connectivity index (χ1n) is 40.1. The van der Waals surface area contributed by atoms with Gasteiger partial charge in [0.25, 0.3) is 0 Å². The maximum absolute atomic E-state index is 4.73. The van der Waals surface area contributed by atoms with Crippen LogP contribution in [-0.4, -0.2) is 29.9 Å². The molecule has 0 aliphatic carbocycles. The van der Waals surface area contributed by atoms with Crippen molar-refractivity contribution in [2.24, 2.45) is 0 Å². The molecule has 6 nitrogen and oxygen atoms in total. The Morgan fingerprint density at radius 1 is 0.126 bits per heavy atom. The second-order valence-corrected chi connectivity index (χ2v) is 33.8. The standard InChI is InChI=1S/2C38H22N2S.C34H20N2S/c1-2-9-31-29(7-1)33-21-23(15-17-32(33)38-37(31)39-19-20-40-38)25-10-5-13-28-26(11-6-12-27(25)28)24-16-18-36-34(22-24)30-8-3-4-14-35(30)41-36;1-2-8-28-26(24-14-18-36-34(22-24)30-10-5-6-12-35(30)41-36)17-16-25(27(28)7-1)23-13-15-32-33(21-23)29-9-3-4-11-31(29)37-38(32)40-20-19-39-37;1-2-8-24(22-14-16-32-30(20-22)26-10-5-6-12-31(26)37-32)23(7-1)21-13-15-28-29(19-21)25-9-3-4-11-27(25)33-34(28)36-18-17-35-33/h2*1-22H;1-20H. The maximum atomic E-state index is 4.73. The molecule has 0 aliphatic rings. The smallest absolute Gasteiger partial charge is 0.0971 e. The van der Waals surface area contributed by atoms with Crippen molar-refractivity contribution in [3.05, 3.63) is 389 Å². The van der Waals surface area contributed by atoms with Crippen LogP contribution in [-0.2, 0) is 0 Å². The number of aromatic nitrogens is 6. The molecule has 0 radical (unpaired) electrons. The van der Waals surface area contributed by atoms with E-state index in [1.807, 2.05) is 34.0 Å². The third kappa shape index (κ3) is 11.3. The van der Waals surface area contributed by atoms with Gasteiger partial charge in [-0.2, -0.15) is 0 Å². The first kappa shape index (κ1) is 68.6. The number of rotatable bonds is 6. The van der Waals surface area contributed by atoms with E-state index in [4.69, 9.17) is 15.0 Å². The van der Waals surface area contributed by atoms with Gasteiger partial charge in [0.15, 0.2) is 0 Å². The van der Waals surface area contributed by atoms with Crippen LogP contribution in [0.3, 0.4) is 0 Å². The molecule has 9 heteroatoms. The predicted octanol–water partition coefficient (Wildman–Crippen LogP) is 31.2. The summed E-state index contributed by atoms with van der Waals surface area (Å²) in [5.74, 6) is 0. The van der Waals surface area contributed by atoms with E-state index in [1.54, 1.807) is 37.2 Å². The summed E-state index contributed by atoms with van der Waals surface area (Å²) in [6, 6.07) is 128. The van der Waals surface area contributed by atoms with Crippen LogP contribution >= 0.6 is 34.0 Å². The minimum absolute atomic E-state index is 0.948. The molecular formula is C110H64N6S3. The highest BCUT2D eigenvalue weighted by Gasteiger charge is 2.21. The van der Waals surface area contributed by atoms with Gasteiger partial charge in [0, 0.05) is 130 Å². The molecule has 6 heterocycles. The molecule has 0 N–H and O–H groups in total. The highest BCUT2D eigenvalue weighted by molar-refractivity contribution is 7.26. The van der Waals surface area contributed by atoms with Crippen molar-refractivity contribution in [3.8, 4) is 66.8 Å². The minimum Gasteiger partial charge on any atom is -0.252 e. The van der Waals surface area contributed by atoms with E-state index in [-0.39, 0.29) is 0 Å². The third-order valence-corrected chi connectivity index (χ3v) is 27.6. The molecule has 26 aromatic rings. The third-order valence-electron chi connectivity index (χ3n) is 24.1. The zero-order chi connectivity index (χ0) is 78.2. The van der Waals surface area contributed by atoms with Crippen molar-refractivity contribution in [2.75, 3.05) is 0 Å². The van der Waals surface area contributed by atoms with Gasteiger partial charge in [-0.1, -0.05) is 279 Å². The lowest BCUT2D eigenvalue weighted by Gasteiger charge is -2.14. The van der Waals surface area contributed by atoms with Gasteiger partial charge in [0.1, 0.15) is 0 Å². The van der Waals surface area contributed by atoms with E-state index in [9.17, 15) is 0 Å². The fourth-order valence-corrected chi connectivity index (χ4v) is 21.9. The van der Waals surface area contributed by atoms with Gasteiger partial charge in [0.05, 0.1) is 33.1 Å². The van der Waals surface area contributed by atoms with Crippen LogP contribution in [0.25, 0.3) is 247 Å². The fraction of sp³-hybridized carbons (Fsp3) is 0. The fourth-order valence-electron chi connectivity index (χ4n) is 18.7. The Hall–Kier alpha value is -14.8. The molecule has 20 aromatic carbocycles. The van der Waals surface area contributed by atoms with Crippen LogP contribution in [0.4, 0.5) is 0 Å². The summed E-state index contributed by atoms with van der Waals surface area (Å²) in [5.41, 5.74) is 20.5. The van der Waals surface area contributed by atoms with Gasteiger partial charge in [-0.05, 0) is 193 Å². The molecule has 0 bridgehead atoms. The highest BCUT2D eigenvalue weighted by Crippen LogP contribution is 2.47. The van der Waals surface area contributed by atoms with Crippen molar-refractivity contribution < 1.29 is 0 Å². The van der Waals surface area contributed by atoms with E-state index in [0.717, 1.165) is 65.4 Å². The summed E-state index contributed by atoms with van der Waals surface area (Å²) in [4.78, 5) is 28.2. The second-order valence-electron chi connectivity index (χ2n) is 30.6. The lowest BCUT2D eigenvalue weighted by molar-refractivity contribution is 1.31. The summed E-state index contributed by atoms with van der Waals surface area (Å²) in [6.45, 7) is 0. The Morgan fingerprint density at radius 3 is 0.639 bits per heavy atom. The van der Waals surface area contributed by atoms with Gasteiger partial charge >= 0.3 is 0 Å². The number of hydrogen-bond acceptors (Lipinski definition) is 9. The monoisotopic (exact) mass is 1560 g/mol. The molecule has 0 unspecified atom stereocenters. The summed E-state index contributed by atoms with van der Waals surface area (Å²) in [5, 5.41) is 27.0. The first-order chi connectivity index (χ1) is 59.0. The normalized spacial score (nSPS) is 11.9. The summed E-state index contributed by atoms with van der Waals surface area (Å²) >= 11 is 5.58. The van der Waals surface area contributed by atoms with Crippen LogP contribution in [0, 0.1) is 0 Å². The average molecular weight is 1570 g/mol. The number of hydrogen-bond donors (Lipinski definition) is 0. The van der Waals surface area contributed by atoms with Gasteiger partial charge in [-0.15, -0.1) is 34.0 Å². The van der Waals surface area contributed by atoms with E-state index < -0.39 is 0 Å². The van der Waals surface area contributed by atoms with Crippen molar-refractivity contribution in [1.82, 2.24) is 29.9 Å². The maximum Gasteiger partial charge on any atom is 0.0971 e. The van der Waals surface area contributed by atoms with E-state index in [2.05, 4.69) is 367 Å². The molecule has 26 rings (SSSR count). The topological polar surface area (TPSA) is 77.3 Å². The zero-order valence-corrected chi connectivity index (χ0v) is 66.3. The van der Waals surface area contributed by atoms with Crippen LogP contribution in [0.15, 0.2) is 389 Å². The summed E-state index contributed by atoms with van der Waals surface area (Å²) in [7, 11) is 0. The van der Waals surface area contributed by atoms with Crippen LogP contribution in [0.2, 0.25) is 0 Å². The minimum atomic E-state index is 0.948. The second kappa shape index (κ2) is 28.0. The van der Waals surface area contributed by atoms with Gasteiger partial charge in [-0.3, -0.25) is 29.9 Å². The van der Waals surface area contributed by atoms with Crippen LogP contribution in [0.5, 0.6) is 0 Å². The SMILES string of the molecule is c1ccc(-c2ccc3c(c2)c2ccccc2c2nccnc32)c(-c2ccc3sc4ccccc4c3c2)c1.c1ccc2c(c1)sc1ccc(-c3ccc(-c4ccc5c(c4)c4ccccc4c4nccnc54)c4ccccc34)cc12.c1ccc2c(c1)sc1ccc(-c3cccc4c(-c5ccc6c(c5)c5ccccc5c5nccnc65)cccc34)cc12. The van der Waals surface area contributed by atoms with Gasteiger partial charge in [0.2, 0.25) is 0 Å². The molecule has 0 spiro atoms. The van der Waals surface area contributed by atoms with Crippen molar-refractivity contribution in [2.45, 2.75) is 0 Å². The summed E-state index contributed by atoms with van der Waals surface area (Å²) < 4.78 is 7.99. The molecule has 0 atom stereocenters. The molecule has 0 saturated heterocycles. The van der Waals surface area contributed by atoms with E-state index >= 15 is 0 Å². The quantitative estimate of drug-likeness (QED) is 0.154. The van der Waals surface area contributed by atoms with Gasteiger partial charge < -0.3 is 0 Å². The van der Waals surface area contributed by atoms with E-state index in [0.29, 0.717) is 0 Å². The molecule has 0 saturated carbocycles. The van der Waals surface area contributed by atoms with Crippen molar-refractivity contribution >= 4 is 214 Å². The number of nitrogens with zero attached hydrogens (tertiary/aromatic N) is 6. The van der Waals surface area contributed by atoms with Gasteiger partial charge in [-0.25, -0.2) is 0 Å². The first-order valence-corrected chi connectivity index (χ1v) is 42.5. The van der Waals surface area contributed by atoms with E-state index in [1.165, 1.54) is 181 Å². The number of fused-ring (bicyclic) bond motifs is 29. The molecule has 119 heavy (non-hydrogen) atoms. The Balaban J connectivity index is 0.000000102. The summed E-state index contributed by atoms with van der Waals surface area (Å²) in [6.07, 6.45) is 10.7. The molecule has 0 amide bonds. The lowest BCUT2D eigenvalue weighted by Crippen LogP contribution is -1.90. The van der Waals surface area contributed by atoms with Crippen molar-refractivity contribution in [3.63, 3.8) is 0 Å². The largest absolute Gasteiger partial charge is 0.252 e. The Labute approximate surface area is 694 Å². The van der Waals surface area contributed by atoms with Crippen molar-refractivity contribution in [1.29, 1.82) is 0 Å². The van der Waals surface area contributed by atoms with Crippen LogP contribution < -0.4 is 0 Å². The highest BCUT2D eigenvalue weighted by atomic mass is 32.1. The molecule has 552 valence electrons. The molecule has 0 aliphatic heterocycles. The molecule has 6 aromatic heterocycles. The molecule has 0 fully saturated rings. The number of thiophene rings is 3. The molecular weight excluding hydrogens is 1500 g/mol. The zero-order valence-electron chi connectivity index (χ0n) is 63.9. The predicted molar refractivity (Wildman–Crippen MR) is 510 cm³/mol. The Kier molecular flexibility index (Phi) is 16.1.